The van der Waals surface area contributed by atoms with E-state index in [9.17, 15) is 0 Å². The minimum Gasteiger partial charge on any atom is -0.313 e. The van der Waals surface area contributed by atoms with E-state index in [-0.39, 0.29) is 0 Å². The van der Waals surface area contributed by atoms with Crippen LogP contribution in [-0.2, 0) is 6.54 Å². The number of pyridine rings is 1. The van der Waals surface area contributed by atoms with Gasteiger partial charge in [0.25, 0.3) is 0 Å². The van der Waals surface area contributed by atoms with Gasteiger partial charge in [0.05, 0.1) is 0 Å². The highest BCUT2D eigenvalue weighted by Gasteiger charge is 2.10. The average molecular weight is 283 g/mol. The second-order valence-corrected chi connectivity index (χ2v) is 5.63. The van der Waals surface area contributed by atoms with Gasteiger partial charge in [-0.05, 0) is 57.2 Å². The van der Waals surface area contributed by atoms with Crippen LogP contribution in [0.2, 0.25) is 0 Å². The zero-order valence-corrected chi connectivity index (χ0v) is 13.2. The predicted octanol–water partition coefficient (Wildman–Crippen LogP) is 3.17. The number of nitrogens with zero attached hydrogens (tertiary/aromatic N) is 2. The highest BCUT2D eigenvalue weighted by molar-refractivity contribution is 5.24. The SMILES string of the molecule is CNC(CCN(C)Cc1ccncc1)c1ccc(C)cc1. The Morgan fingerprint density at radius 1 is 1.10 bits per heavy atom. The first-order chi connectivity index (χ1) is 10.2. The average Bonchev–Trinajstić information content (AvgIpc) is 2.50. The Morgan fingerprint density at radius 2 is 1.76 bits per heavy atom. The highest BCUT2D eigenvalue weighted by atomic mass is 15.1. The van der Waals surface area contributed by atoms with Crippen LogP contribution in [0.15, 0.2) is 48.8 Å². The molecule has 3 nitrogen and oxygen atoms in total. The number of hydrogen-bond acceptors (Lipinski definition) is 3. The van der Waals surface area contributed by atoms with Gasteiger partial charge in [-0.1, -0.05) is 29.8 Å². The topological polar surface area (TPSA) is 28.2 Å². The Bertz CT molecular complexity index is 522. The molecule has 1 atom stereocenters. The standard InChI is InChI=1S/C18H25N3/c1-15-4-6-17(7-5-15)18(19-2)10-13-21(3)14-16-8-11-20-12-9-16/h4-9,11-12,18-19H,10,13-14H2,1-3H3. The summed E-state index contributed by atoms with van der Waals surface area (Å²) in [7, 11) is 4.20. The summed E-state index contributed by atoms with van der Waals surface area (Å²) in [5.74, 6) is 0. The first-order valence-corrected chi connectivity index (χ1v) is 7.50. The van der Waals surface area contributed by atoms with E-state index < -0.39 is 0 Å². The molecule has 1 aromatic carbocycles. The second-order valence-electron chi connectivity index (χ2n) is 5.63. The molecule has 2 rings (SSSR count). The lowest BCUT2D eigenvalue weighted by Crippen LogP contribution is -2.25. The molecule has 2 aromatic rings. The van der Waals surface area contributed by atoms with Crippen molar-refractivity contribution in [2.24, 2.45) is 0 Å². The number of aryl methyl sites for hydroxylation is 1. The first-order valence-electron chi connectivity index (χ1n) is 7.50. The van der Waals surface area contributed by atoms with Crippen molar-refractivity contribution in [1.82, 2.24) is 15.2 Å². The second kappa shape index (κ2) is 7.91. The maximum absolute atomic E-state index is 4.06. The number of aromatic nitrogens is 1. The van der Waals surface area contributed by atoms with Crippen LogP contribution in [0, 0.1) is 6.92 Å². The molecule has 0 fully saturated rings. The van der Waals surface area contributed by atoms with Gasteiger partial charge >= 0.3 is 0 Å². The summed E-state index contributed by atoms with van der Waals surface area (Å²) in [6.45, 7) is 4.15. The molecule has 1 N–H and O–H groups in total. The summed E-state index contributed by atoms with van der Waals surface area (Å²) < 4.78 is 0. The lowest BCUT2D eigenvalue weighted by atomic mass is 10.0. The maximum atomic E-state index is 4.06. The van der Waals surface area contributed by atoms with Gasteiger partial charge in [0.2, 0.25) is 0 Å². The Balaban J connectivity index is 1.86. The zero-order chi connectivity index (χ0) is 15.1. The number of nitrogens with one attached hydrogen (secondary N) is 1. The maximum Gasteiger partial charge on any atom is 0.0329 e. The molecule has 0 aliphatic rings. The van der Waals surface area contributed by atoms with E-state index in [1.165, 1.54) is 16.7 Å². The molecule has 0 bridgehead atoms. The molecule has 1 unspecified atom stereocenters. The van der Waals surface area contributed by atoms with Crippen molar-refractivity contribution in [1.29, 1.82) is 0 Å². The van der Waals surface area contributed by atoms with Crippen LogP contribution >= 0.6 is 0 Å². The lowest BCUT2D eigenvalue weighted by molar-refractivity contribution is 0.304. The van der Waals surface area contributed by atoms with Gasteiger partial charge < -0.3 is 10.2 Å². The third kappa shape index (κ3) is 4.96. The van der Waals surface area contributed by atoms with Crippen molar-refractivity contribution in [2.45, 2.75) is 25.9 Å². The normalized spacial score (nSPS) is 12.6. The molecule has 0 spiro atoms. The van der Waals surface area contributed by atoms with Crippen LogP contribution in [0.3, 0.4) is 0 Å². The fourth-order valence-electron chi connectivity index (χ4n) is 2.50. The molecular weight excluding hydrogens is 258 g/mol. The molecule has 1 aromatic heterocycles. The van der Waals surface area contributed by atoms with Crippen LogP contribution in [0.4, 0.5) is 0 Å². The van der Waals surface area contributed by atoms with Crippen LogP contribution in [0.5, 0.6) is 0 Å². The van der Waals surface area contributed by atoms with E-state index in [0.717, 1.165) is 19.5 Å². The quantitative estimate of drug-likeness (QED) is 0.846. The van der Waals surface area contributed by atoms with E-state index in [0.29, 0.717) is 6.04 Å². The Kier molecular flexibility index (Phi) is 5.90. The fraction of sp³-hybridized carbons (Fsp3) is 0.389. The zero-order valence-electron chi connectivity index (χ0n) is 13.2. The van der Waals surface area contributed by atoms with Crippen LogP contribution in [0.1, 0.15) is 29.2 Å². The largest absolute Gasteiger partial charge is 0.313 e. The van der Waals surface area contributed by atoms with E-state index >= 15 is 0 Å². The third-order valence-corrected chi connectivity index (χ3v) is 3.83. The van der Waals surface area contributed by atoms with Crippen molar-refractivity contribution in [3.05, 3.63) is 65.5 Å². The summed E-state index contributed by atoms with van der Waals surface area (Å²) in [4.78, 5) is 6.41. The van der Waals surface area contributed by atoms with Crippen molar-refractivity contribution < 1.29 is 0 Å². The van der Waals surface area contributed by atoms with Crippen molar-refractivity contribution in [3.8, 4) is 0 Å². The molecule has 1 heterocycles. The number of benzene rings is 1. The number of hydrogen-bond donors (Lipinski definition) is 1. The predicted molar refractivity (Wildman–Crippen MR) is 88.2 cm³/mol. The summed E-state index contributed by atoms with van der Waals surface area (Å²) in [6, 6.07) is 13.4. The van der Waals surface area contributed by atoms with Crippen LogP contribution < -0.4 is 5.32 Å². The van der Waals surface area contributed by atoms with E-state index in [4.69, 9.17) is 0 Å². The van der Waals surface area contributed by atoms with Crippen LogP contribution in [0.25, 0.3) is 0 Å². The molecule has 0 aliphatic carbocycles. The molecule has 0 radical (unpaired) electrons. The summed E-state index contributed by atoms with van der Waals surface area (Å²) >= 11 is 0. The van der Waals surface area contributed by atoms with Gasteiger partial charge in [0.1, 0.15) is 0 Å². The minimum atomic E-state index is 0.408. The summed E-state index contributed by atoms with van der Waals surface area (Å²) in [6.07, 6.45) is 4.80. The van der Waals surface area contributed by atoms with Gasteiger partial charge in [-0.25, -0.2) is 0 Å². The van der Waals surface area contributed by atoms with E-state index in [1.807, 2.05) is 19.4 Å². The Hall–Kier alpha value is -1.71. The van der Waals surface area contributed by atoms with Crippen molar-refractivity contribution >= 4 is 0 Å². The molecule has 21 heavy (non-hydrogen) atoms. The molecule has 112 valence electrons. The molecule has 3 heteroatoms. The third-order valence-electron chi connectivity index (χ3n) is 3.83. The van der Waals surface area contributed by atoms with Gasteiger partial charge in [-0.3, -0.25) is 4.98 Å². The van der Waals surface area contributed by atoms with Crippen molar-refractivity contribution in [3.63, 3.8) is 0 Å². The lowest BCUT2D eigenvalue weighted by Gasteiger charge is -2.22. The minimum absolute atomic E-state index is 0.408. The summed E-state index contributed by atoms with van der Waals surface area (Å²) in [5.41, 5.74) is 3.98. The molecule has 0 saturated heterocycles. The molecular formula is C18H25N3. The summed E-state index contributed by atoms with van der Waals surface area (Å²) in [5, 5.41) is 3.42. The number of rotatable bonds is 7. The monoisotopic (exact) mass is 283 g/mol. The van der Waals surface area contributed by atoms with Gasteiger partial charge in [-0.2, -0.15) is 0 Å². The van der Waals surface area contributed by atoms with E-state index in [1.54, 1.807) is 0 Å². The van der Waals surface area contributed by atoms with Gasteiger partial charge in [0, 0.05) is 25.0 Å². The fourth-order valence-corrected chi connectivity index (χ4v) is 2.50. The molecule has 0 aliphatic heterocycles. The Morgan fingerprint density at radius 3 is 2.38 bits per heavy atom. The molecule has 0 saturated carbocycles. The molecule has 0 amide bonds. The smallest absolute Gasteiger partial charge is 0.0329 e. The van der Waals surface area contributed by atoms with E-state index in [2.05, 4.69) is 65.6 Å². The first kappa shape index (κ1) is 15.7. The van der Waals surface area contributed by atoms with Gasteiger partial charge in [-0.15, -0.1) is 0 Å². The Labute approximate surface area is 128 Å². The van der Waals surface area contributed by atoms with Crippen molar-refractivity contribution in [2.75, 3.05) is 20.6 Å². The van der Waals surface area contributed by atoms with Gasteiger partial charge in [0.15, 0.2) is 0 Å². The highest BCUT2D eigenvalue weighted by Crippen LogP contribution is 2.17. The van der Waals surface area contributed by atoms with Crippen LogP contribution in [-0.4, -0.2) is 30.5 Å².